The molecule has 0 aromatic carbocycles. The summed E-state index contributed by atoms with van der Waals surface area (Å²) >= 11 is 0. The zero-order valence-corrected chi connectivity index (χ0v) is 10.0. The quantitative estimate of drug-likeness (QED) is 0.783. The monoisotopic (exact) mass is 211 g/mol. The van der Waals surface area contributed by atoms with E-state index in [-0.39, 0.29) is 5.60 Å². The molecule has 1 aromatic heterocycles. The molecule has 1 atom stereocenters. The van der Waals surface area contributed by atoms with E-state index in [9.17, 15) is 0 Å². The fourth-order valence-electron chi connectivity index (χ4n) is 1.65. The molecule has 0 aliphatic carbocycles. The van der Waals surface area contributed by atoms with Gasteiger partial charge in [0.1, 0.15) is 0 Å². The van der Waals surface area contributed by atoms with Crippen molar-refractivity contribution >= 4 is 0 Å². The maximum absolute atomic E-state index is 5.43. The van der Waals surface area contributed by atoms with Crippen LogP contribution in [0.1, 0.15) is 25.8 Å². The lowest BCUT2D eigenvalue weighted by Gasteiger charge is -2.28. The van der Waals surface area contributed by atoms with Gasteiger partial charge in [0.2, 0.25) is 0 Å². The van der Waals surface area contributed by atoms with Crippen LogP contribution in [0.5, 0.6) is 0 Å². The summed E-state index contributed by atoms with van der Waals surface area (Å²) in [5, 5.41) is 3.31. The Balaban J connectivity index is 2.50. The van der Waals surface area contributed by atoms with E-state index in [0.717, 1.165) is 12.8 Å². The van der Waals surface area contributed by atoms with Crippen molar-refractivity contribution in [3.05, 3.63) is 24.2 Å². The van der Waals surface area contributed by atoms with E-state index in [1.165, 1.54) is 5.56 Å². The Hall–Kier alpha value is -0.800. The van der Waals surface area contributed by atoms with Gasteiger partial charge in [0.05, 0.1) is 18.1 Å². The highest BCUT2D eigenvalue weighted by Crippen LogP contribution is 2.18. The lowest BCUT2D eigenvalue weighted by molar-refractivity contribution is 0.00771. The summed E-state index contributed by atoms with van der Waals surface area (Å²) in [4.78, 5) is 0. The molecule has 86 valence electrons. The number of nitrogens with one attached hydrogen (secondary N) is 1. The van der Waals surface area contributed by atoms with E-state index in [1.54, 1.807) is 19.6 Å². The van der Waals surface area contributed by atoms with Crippen LogP contribution in [-0.2, 0) is 11.2 Å². The van der Waals surface area contributed by atoms with Gasteiger partial charge < -0.3 is 14.5 Å². The molecule has 1 aromatic rings. The van der Waals surface area contributed by atoms with Crippen molar-refractivity contribution in [3.8, 4) is 0 Å². The van der Waals surface area contributed by atoms with Gasteiger partial charge in [-0.2, -0.15) is 0 Å². The van der Waals surface area contributed by atoms with Crippen molar-refractivity contribution < 1.29 is 9.15 Å². The van der Waals surface area contributed by atoms with Gasteiger partial charge in [0.15, 0.2) is 0 Å². The summed E-state index contributed by atoms with van der Waals surface area (Å²) in [5.41, 5.74) is 1.14. The predicted molar refractivity (Wildman–Crippen MR) is 61.0 cm³/mol. The minimum absolute atomic E-state index is 0.0859. The number of hydrogen-bond acceptors (Lipinski definition) is 3. The topological polar surface area (TPSA) is 34.4 Å². The first-order valence-electron chi connectivity index (χ1n) is 5.31. The summed E-state index contributed by atoms with van der Waals surface area (Å²) in [6.45, 7) is 4.21. The lowest BCUT2D eigenvalue weighted by atomic mass is 9.95. The molecule has 0 radical (unpaired) electrons. The molecule has 0 bridgehead atoms. The number of rotatable bonds is 6. The molecule has 15 heavy (non-hydrogen) atoms. The van der Waals surface area contributed by atoms with Crippen LogP contribution >= 0.6 is 0 Å². The summed E-state index contributed by atoms with van der Waals surface area (Å²) < 4.78 is 10.5. The first-order valence-corrected chi connectivity index (χ1v) is 5.31. The van der Waals surface area contributed by atoms with Crippen LogP contribution in [0.2, 0.25) is 0 Å². The molecular weight excluding hydrogens is 190 g/mol. The van der Waals surface area contributed by atoms with Crippen LogP contribution in [0.15, 0.2) is 23.0 Å². The second-order valence-electron chi connectivity index (χ2n) is 4.49. The van der Waals surface area contributed by atoms with E-state index >= 15 is 0 Å². The summed E-state index contributed by atoms with van der Waals surface area (Å²) in [6.07, 6.45) is 5.46. The zero-order valence-electron chi connectivity index (χ0n) is 10.0. The first-order chi connectivity index (χ1) is 7.07. The zero-order chi connectivity index (χ0) is 11.3. The van der Waals surface area contributed by atoms with Crippen LogP contribution in [0.3, 0.4) is 0 Å². The Morgan fingerprint density at radius 1 is 1.53 bits per heavy atom. The minimum atomic E-state index is -0.0859. The first kappa shape index (κ1) is 12.3. The van der Waals surface area contributed by atoms with Crippen molar-refractivity contribution in [1.29, 1.82) is 0 Å². The largest absolute Gasteiger partial charge is 0.472 e. The molecule has 0 saturated carbocycles. The third kappa shape index (κ3) is 4.06. The van der Waals surface area contributed by atoms with Crippen LogP contribution in [0, 0.1) is 0 Å². The van der Waals surface area contributed by atoms with Crippen LogP contribution in [0.4, 0.5) is 0 Å². The fourth-order valence-corrected chi connectivity index (χ4v) is 1.65. The Kier molecular flexibility index (Phi) is 4.36. The molecule has 0 amide bonds. The highest BCUT2D eigenvalue weighted by atomic mass is 16.5. The minimum Gasteiger partial charge on any atom is -0.472 e. The van der Waals surface area contributed by atoms with Crippen molar-refractivity contribution in [2.45, 2.75) is 38.3 Å². The molecule has 0 aliphatic rings. The summed E-state index contributed by atoms with van der Waals surface area (Å²) in [7, 11) is 3.74. The van der Waals surface area contributed by atoms with Gasteiger partial charge in [-0.15, -0.1) is 0 Å². The Labute approximate surface area is 91.8 Å². The van der Waals surface area contributed by atoms with E-state index in [4.69, 9.17) is 9.15 Å². The normalized spacial score (nSPS) is 14.1. The Bertz CT molecular complexity index is 267. The van der Waals surface area contributed by atoms with Crippen LogP contribution < -0.4 is 5.32 Å². The van der Waals surface area contributed by atoms with Gasteiger partial charge in [-0.3, -0.25) is 0 Å². The van der Waals surface area contributed by atoms with E-state index < -0.39 is 0 Å². The standard InChI is InChI=1S/C12H21NO2/c1-12(2,14-4)8-11(13-3)7-10-5-6-15-9-10/h5-6,9,11,13H,7-8H2,1-4H3. The number of likely N-dealkylation sites (N-methyl/N-ethyl adjacent to an activating group) is 1. The maximum atomic E-state index is 5.43. The van der Waals surface area contributed by atoms with Gasteiger partial charge in [-0.25, -0.2) is 0 Å². The molecular formula is C12H21NO2. The van der Waals surface area contributed by atoms with Crippen molar-refractivity contribution in [3.63, 3.8) is 0 Å². The molecule has 0 fully saturated rings. The van der Waals surface area contributed by atoms with E-state index in [1.807, 2.05) is 13.1 Å². The molecule has 0 spiro atoms. The molecule has 0 aliphatic heterocycles. The number of ether oxygens (including phenoxy) is 1. The average molecular weight is 211 g/mol. The Morgan fingerprint density at radius 3 is 2.73 bits per heavy atom. The molecule has 1 rings (SSSR count). The fraction of sp³-hybridized carbons (Fsp3) is 0.667. The summed E-state index contributed by atoms with van der Waals surface area (Å²) in [5.74, 6) is 0. The van der Waals surface area contributed by atoms with Crippen molar-refractivity contribution in [2.24, 2.45) is 0 Å². The second kappa shape index (κ2) is 5.33. The molecule has 1 heterocycles. The second-order valence-corrected chi connectivity index (χ2v) is 4.49. The lowest BCUT2D eigenvalue weighted by Crippen LogP contribution is -2.37. The third-order valence-corrected chi connectivity index (χ3v) is 2.76. The van der Waals surface area contributed by atoms with Crippen molar-refractivity contribution in [1.82, 2.24) is 5.32 Å². The van der Waals surface area contributed by atoms with Gasteiger partial charge >= 0.3 is 0 Å². The van der Waals surface area contributed by atoms with Crippen molar-refractivity contribution in [2.75, 3.05) is 14.2 Å². The van der Waals surface area contributed by atoms with Gasteiger partial charge in [-0.1, -0.05) is 0 Å². The third-order valence-electron chi connectivity index (χ3n) is 2.76. The number of hydrogen-bond donors (Lipinski definition) is 1. The van der Waals surface area contributed by atoms with E-state index in [2.05, 4.69) is 19.2 Å². The van der Waals surface area contributed by atoms with Gasteiger partial charge in [0.25, 0.3) is 0 Å². The van der Waals surface area contributed by atoms with Gasteiger partial charge in [0, 0.05) is 13.2 Å². The molecule has 1 unspecified atom stereocenters. The maximum Gasteiger partial charge on any atom is 0.0935 e. The highest BCUT2D eigenvalue weighted by molar-refractivity contribution is 5.07. The van der Waals surface area contributed by atoms with Crippen LogP contribution in [0.25, 0.3) is 0 Å². The van der Waals surface area contributed by atoms with E-state index in [0.29, 0.717) is 6.04 Å². The molecule has 1 N–H and O–H groups in total. The summed E-state index contributed by atoms with van der Waals surface area (Å²) in [6, 6.07) is 2.42. The molecule has 0 saturated heterocycles. The number of methoxy groups -OCH3 is 1. The highest BCUT2D eigenvalue weighted by Gasteiger charge is 2.22. The average Bonchev–Trinajstić information content (AvgIpc) is 2.69. The molecule has 3 nitrogen and oxygen atoms in total. The number of furan rings is 1. The smallest absolute Gasteiger partial charge is 0.0935 e. The molecule has 3 heteroatoms. The predicted octanol–water partition coefficient (Wildman–Crippen LogP) is 2.23. The van der Waals surface area contributed by atoms with Crippen LogP contribution in [-0.4, -0.2) is 25.8 Å². The van der Waals surface area contributed by atoms with Gasteiger partial charge in [-0.05, 0) is 45.4 Å². The SMILES string of the molecule is CNC(Cc1ccoc1)CC(C)(C)OC. The Morgan fingerprint density at radius 2 is 2.27 bits per heavy atom.